The number of hydroxylamine groups is 2. The van der Waals surface area contributed by atoms with E-state index < -0.39 is 44.5 Å². The van der Waals surface area contributed by atoms with Crippen molar-refractivity contribution in [1.82, 2.24) is 5.06 Å². The summed E-state index contributed by atoms with van der Waals surface area (Å²) >= 11 is 0.973. The summed E-state index contributed by atoms with van der Waals surface area (Å²) < 4.78 is 42.4. The van der Waals surface area contributed by atoms with Crippen molar-refractivity contribution in [2.24, 2.45) is 0 Å². The van der Waals surface area contributed by atoms with Crippen molar-refractivity contribution in [2.75, 3.05) is 29.5 Å². The number of hydrogen-bond donors (Lipinski definition) is 0. The largest absolute Gasteiger partial charge is 1.00 e. The van der Waals surface area contributed by atoms with Crippen LogP contribution in [0.25, 0.3) is 27.1 Å². The first-order chi connectivity index (χ1) is 33.6. The van der Waals surface area contributed by atoms with E-state index in [1.807, 2.05) is 30.3 Å². The van der Waals surface area contributed by atoms with Gasteiger partial charge in [-0.1, -0.05) is 92.7 Å². The fourth-order valence-electron chi connectivity index (χ4n) is 10.8. The van der Waals surface area contributed by atoms with E-state index in [9.17, 15) is 32.6 Å². The Balaban J connectivity index is 0.00000676. The molecule has 13 nitrogen and oxygen atoms in total. The van der Waals surface area contributed by atoms with Crippen molar-refractivity contribution < 1.29 is 81.0 Å². The Kier molecular flexibility index (Phi) is 15.8. The molecule has 0 atom stereocenters. The Morgan fingerprint density at radius 3 is 2.13 bits per heavy atom. The van der Waals surface area contributed by atoms with Gasteiger partial charge in [-0.3, -0.25) is 14.6 Å². The summed E-state index contributed by atoms with van der Waals surface area (Å²) in [7, 11) is -4.43. The molecule has 16 heteroatoms. The fraction of sp³-hybridized carbons (Fsp3) is 0.309. The van der Waals surface area contributed by atoms with Gasteiger partial charge in [0.25, 0.3) is 11.8 Å². The molecule has 0 bridgehead atoms. The summed E-state index contributed by atoms with van der Waals surface area (Å²) in [5.74, 6) is -1.86. The molecule has 0 unspecified atom stereocenters. The topological polar surface area (TPSA) is 169 Å². The number of rotatable bonds is 16. The van der Waals surface area contributed by atoms with Crippen LogP contribution in [0.3, 0.4) is 0 Å². The molecule has 0 aromatic heterocycles. The number of carbonyl (C=O) groups is 3. The summed E-state index contributed by atoms with van der Waals surface area (Å²) in [5, 5.41) is 19.2. The molecule has 0 spiro atoms. The zero-order valence-electron chi connectivity index (χ0n) is 40.6. The molecule has 362 valence electrons. The van der Waals surface area contributed by atoms with Crippen molar-refractivity contribution in [2.45, 2.75) is 83.5 Å². The third-order valence-corrected chi connectivity index (χ3v) is 15.4. The van der Waals surface area contributed by atoms with Gasteiger partial charge in [0.05, 0.1) is 21.1 Å². The van der Waals surface area contributed by atoms with Gasteiger partial charge in [0, 0.05) is 83.9 Å². The van der Waals surface area contributed by atoms with Crippen LogP contribution in [0.5, 0.6) is 0 Å². The standard InChI is InChI=1S/C55H55N3O10S2.Na/c1-54(2)46(56(32-10-34-69-68-67-62)44-26-22-36-12-5-7-16-42(36)51(44)54)28-24-38-14-9-15-39(50(38)40-18-20-41(21-19-40)53(61)66-58-48(59)30-31-49(58)60)25-29-47-55(3,4)52-43-17-8-6-13-37(43)23-27-45(52)57(47)33-11-35-70(63,64)65;/h5-8,12-13,16-29H,9-11,14-15,30-35H2,1-4H3,(H-,62,63,64,65);/q;+1/p-1. The van der Waals surface area contributed by atoms with E-state index in [1.54, 1.807) is 12.1 Å². The molecule has 3 heterocycles. The van der Waals surface area contributed by atoms with Gasteiger partial charge in [0.15, 0.2) is 5.71 Å². The first-order valence-electron chi connectivity index (χ1n) is 23.6. The Morgan fingerprint density at radius 1 is 0.789 bits per heavy atom. The summed E-state index contributed by atoms with van der Waals surface area (Å²) in [6.07, 6.45) is 11.9. The quantitative estimate of drug-likeness (QED) is 0.0152. The number of fused-ring (bicyclic) bond motifs is 6. The average Bonchev–Trinajstić information content (AvgIpc) is 3.86. The van der Waals surface area contributed by atoms with E-state index in [1.165, 1.54) is 10.9 Å². The van der Waals surface area contributed by atoms with Crippen LogP contribution in [0, 0.1) is 0 Å². The predicted molar refractivity (Wildman–Crippen MR) is 269 cm³/mol. The summed E-state index contributed by atoms with van der Waals surface area (Å²) in [4.78, 5) is 45.3. The van der Waals surface area contributed by atoms with E-state index in [2.05, 4.69) is 125 Å². The molecule has 5 aromatic carbocycles. The number of carbonyl (C=O) groups excluding carboxylic acids is 3. The number of anilines is 1. The fourth-order valence-corrected chi connectivity index (χ4v) is 11.7. The van der Waals surface area contributed by atoms with Crippen LogP contribution >= 0.6 is 12.0 Å². The molecule has 0 saturated carbocycles. The molecular formula is C55H54N3NaO10S2. The second-order valence-electron chi connectivity index (χ2n) is 19.1. The van der Waals surface area contributed by atoms with Gasteiger partial charge in [-0.2, -0.15) is 8.91 Å². The van der Waals surface area contributed by atoms with Crippen LogP contribution in [-0.2, 0) is 44.7 Å². The van der Waals surface area contributed by atoms with Crippen molar-refractivity contribution in [1.29, 1.82) is 0 Å². The van der Waals surface area contributed by atoms with Crippen LogP contribution < -0.4 is 39.7 Å². The zero-order valence-corrected chi connectivity index (χ0v) is 44.2. The number of hydrogen-bond acceptors (Lipinski definition) is 12. The maximum absolute atomic E-state index is 13.3. The van der Waals surface area contributed by atoms with Gasteiger partial charge in [-0.25, -0.2) is 13.2 Å². The van der Waals surface area contributed by atoms with E-state index in [0.29, 0.717) is 30.3 Å². The predicted octanol–water partition coefficient (Wildman–Crippen LogP) is 6.59. The Hall–Kier alpha value is -5.20. The molecule has 0 radical (unpaired) electrons. The first-order valence-corrected chi connectivity index (χ1v) is 26.1. The maximum atomic E-state index is 13.3. The summed E-state index contributed by atoms with van der Waals surface area (Å²) in [6.45, 7) is 9.84. The van der Waals surface area contributed by atoms with E-state index in [0.717, 1.165) is 98.1 Å². The second-order valence-corrected chi connectivity index (χ2v) is 21.4. The molecule has 71 heavy (non-hydrogen) atoms. The smallest absolute Gasteiger partial charge is 0.748 e. The van der Waals surface area contributed by atoms with Crippen molar-refractivity contribution in [3.8, 4) is 0 Å². The van der Waals surface area contributed by atoms with Crippen LogP contribution in [0.4, 0.5) is 11.4 Å². The van der Waals surface area contributed by atoms with Gasteiger partial charge in [-0.15, -0.1) is 5.06 Å². The van der Waals surface area contributed by atoms with Crippen LogP contribution in [0.1, 0.15) is 99.7 Å². The minimum Gasteiger partial charge on any atom is -0.748 e. The molecule has 1 aliphatic carbocycles. The first kappa shape index (κ1) is 52.1. The molecule has 4 aliphatic rings. The number of benzene rings is 5. The Morgan fingerprint density at radius 2 is 1.45 bits per heavy atom. The number of imide groups is 1. The normalized spacial score (nSPS) is 18.7. The second kappa shape index (κ2) is 21.5. The van der Waals surface area contributed by atoms with Crippen molar-refractivity contribution in [3.63, 3.8) is 0 Å². The third-order valence-electron chi connectivity index (χ3n) is 14.0. The number of amides is 2. The van der Waals surface area contributed by atoms with Gasteiger partial charge < -0.3 is 19.5 Å². The summed E-state index contributed by atoms with van der Waals surface area (Å²) in [5.41, 5.74) is 9.76. The van der Waals surface area contributed by atoms with Crippen molar-refractivity contribution in [3.05, 3.63) is 160 Å². The minimum atomic E-state index is -4.43. The third kappa shape index (κ3) is 10.5. The molecule has 3 aliphatic heterocycles. The average molecular weight is 1000 g/mol. The van der Waals surface area contributed by atoms with Gasteiger partial charge >= 0.3 is 35.5 Å². The zero-order chi connectivity index (χ0) is 49.4. The molecule has 9 rings (SSSR count). The van der Waals surface area contributed by atoms with E-state index in [4.69, 9.17) is 4.84 Å². The maximum Gasteiger partial charge on any atom is 1.00 e. The van der Waals surface area contributed by atoms with Crippen LogP contribution in [-0.4, -0.2) is 70.7 Å². The monoisotopic (exact) mass is 1000 g/mol. The molecule has 5 aromatic rings. The van der Waals surface area contributed by atoms with Gasteiger partial charge in [0.1, 0.15) is 6.54 Å². The Bertz CT molecular complexity index is 3200. The minimum absolute atomic E-state index is 0. The van der Waals surface area contributed by atoms with E-state index >= 15 is 0 Å². The Labute approximate surface area is 440 Å². The number of nitrogens with zero attached hydrogens (tertiary/aromatic N) is 3. The number of allylic oxidation sites excluding steroid dienone is 8. The van der Waals surface area contributed by atoms with Gasteiger partial charge in [-0.05, 0) is 119 Å². The van der Waals surface area contributed by atoms with Crippen LogP contribution in [0.2, 0.25) is 0 Å². The van der Waals surface area contributed by atoms with Gasteiger partial charge in [0.2, 0.25) is 5.69 Å². The molecular weight excluding hydrogens is 950 g/mol. The molecule has 1 saturated heterocycles. The summed E-state index contributed by atoms with van der Waals surface area (Å²) in [6, 6.07) is 32.1. The molecule has 0 N–H and O–H groups in total. The molecule has 1 fully saturated rings. The molecule has 2 amide bonds. The van der Waals surface area contributed by atoms with Crippen molar-refractivity contribution >= 4 is 84.1 Å². The van der Waals surface area contributed by atoms with E-state index in [-0.39, 0.29) is 54.4 Å². The van der Waals surface area contributed by atoms with Crippen LogP contribution in [0.15, 0.2) is 138 Å². The SMILES string of the molecule is CC1(C)C(/C=C/C2=C(c3ccc(C(=O)ON4C(=O)CCC4=O)cc3)C(=C/C=C3/N(CCCS(=O)(=O)[O-])c4ccc5ccccc5c4C3(C)C)/CCC2)=[N+](CCCSOO[O-])c2ccc3ccccc3c21.[Na+].